The van der Waals surface area contributed by atoms with Crippen LogP contribution in [0, 0.1) is 0 Å². The Kier molecular flexibility index (Phi) is 3.83. The minimum Gasteiger partial charge on any atom is -0.459 e. The topological polar surface area (TPSA) is 43.6 Å². The van der Waals surface area contributed by atoms with E-state index >= 15 is 0 Å². The second kappa shape index (κ2) is 5.75. The molecule has 1 N–H and O–H groups in total. The van der Waals surface area contributed by atoms with Crippen LogP contribution in [0.2, 0.25) is 0 Å². The predicted octanol–water partition coefficient (Wildman–Crippen LogP) is 3.61. The monoisotopic (exact) mass is 275 g/mol. The summed E-state index contributed by atoms with van der Waals surface area (Å²) >= 11 is 0. The van der Waals surface area contributed by atoms with Gasteiger partial charge in [-0.15, -0.1) is 0 Å². The molecule has 0 fully saturated rings. The molecule has 4 nitrogen and oxygen atoms in total. The van der Waals surface area contributed by atoms with Gasteiger partial charge in [0.2, 0.25) is 6.79 Å². The van der Waals surface area contributed by atoms with Crippen molar-refractivity contribution in [3.05, 3.63) is 23.5 Å². The molecule has 0 saturated carbocycles. The third kappa shape index (κ3) is 2.36. The van der Waals surface area contributed by atoms with Gasteiger partial charge in [0.1, 0.15) is 11.3 Å². The zero-order valence-corrected chi connectivity index (χ0v) is 12.1. The van der Waals surface area contributed by atoms with Crippen molar-refractivity contribution in [3.63, 3.8) is 0 Å². The van der Waals surface area contributed by atoms with Gasteiger partial charge in [0, 0.05) is 17.0 Å². The molecule has 108 valence electrons. The molecule has 0 aliphatic carbocycles. The van der Waals surface area contributed by atoms with E-state index in [4.69, 9.17) is 13.9 Å². The average Bonchev–Trinajstić information content (AvgIpc) is 3.02. The van der Waals surface area contributed by atoms with Gasteiger partial charge in [0.05, 0.1) is 6.54 Å². The van der Waals surface area contributed by atoms with Gasteiger partial charge in [-0.2, -0.15) is 0 Å². The molecular formula is C16H21NO3. The lowest BCUT2D eigenvalue weighted by Crippen LogP contribution is -2.14. The molecule has 0 spiro atoms. The van der Waals surface area contributed by atoms with Gasteiger partial charge in [-0.3, -0.25) is 0 Å². The summed E-state index contributed by atoms with van der Waals surface area (Å²) in [5.41, 5.74) is 2.19. The summed E-state index contributed by atoms with van der Waals surface area (Å²) in [5, 5.41) is 4.57. The van der Waals surface area contributed by atoms with Crippen LogP contribution >= 0.6 is 0 Å². The van der Waals surface area contributed by atoms with Crippen LogP contribution in [0.25, 0.3) is 11.0 Å². The summed E-state index contributed by atoms with van der Waals surface area (Å²) < 4.78 is 16.9. The maximum atomic E-state index is 6.03. The fraction of sp³-hybridized carbons (Fsp3) is 0.500. The molecular weight excluding hydrogens is 254 g/mol. The average molecular weight is 275 g/mol. The highest BCUT2D eigenvalue weighted by Gasteiger charge is 2.20. The lowest BCUT2D eigenvalue weighted by molar-refractivity contribution is 0.174. The normalized spacial score (nSPS) is 13.3. The smallest absolute Gasteiger partial charge is 0.231 e. The van der Waals surface area contributed by atoms with Crippen molar-refractivity contribution >= 4 is 11.0 Å². The van der Waals surface area contributed by atoms with Crippen LogP contribution in [0.5, 0.6) is 11.5 Å². The summed E-state index contributed by atoms with van der Waals surface area (Å²) in [5.74, 6) is 2.64. The van der Waals surface area contributed by atoms with Crippen LogP contribution in [0.15, 0.2) is 16.5 Å². The maximum Gasteiger partial charge on any atom is 0.231 e. The molecule has 1 aliphatic rings. The Morgan fingerprint density at radius 3 is 2.65 bits per heavy atom. The molecule has 0 radical (unpaired) electrons. The van der Waals surface area contributed by atoms with Gasteiger partial charge in [0.25, 0.3) is 0 Å². The zero-order valence-electron chi connectivity index (χ0n) is 12.1. The first kappa shape index (κ1) is 13.3. The van der Waals surface area contributed by atoms with Crippen molar-refractivity contribution in [1.82, 2.24) is 5.32 Å². The van der Waals surface area contributed by atoms with E-state index in [1.165, 1.54) is 5.56 Å². The molecule has 20 heavy (non-hydrogen) atoms. The van der Waals surface area contributed by atoms with E-state index in [1.54, 1.807) is 0 Å². The van der Waals surface area contributed by atoms with Crippen molar-refractivity contribution in [2.24, 2.45) is 0 Å². The number of fused-ring (bicyclic) bond motifs is 2. The minimum atomic E-state index is 0.302. The van der Waals surface area contributed by atoms with E-state index in [0.717, 1.165) is 60.6 Å². The largest absolute Gasteiger partial charge is 0.459 e. The molecule has 0 atom stereocenters. The minimum absolute atomic E-state index is 0.302. The predicted molar refractivity (Wildman–Crippen MR) is 78.3 cm³/mol. The number of hydrogen-bond donors (Lipinski definition) is 1. The summed E-state index contributed by atoms with van der Waals surface area (Å²) in [4.78, 5) is 0. The van der Waals surface area contributed by atoms with Crippen molar-refractivity contribution in [3.8, 4) is 11.5 Å². The quantitative estimate of drug-likeness (QED) is 0.818. The molecule has 3 rings (SSSR count). The Bertz CT molecular complexity index is 603. The molecule has 4 heteroatoms. The molecule has 0 unspecified atom stereocenters. The molecule has 0 amide bonds. The van der Waals surface area contributed by atoms with Crippen LogP contribution in [0.4, 0.5) is 0 Å². The highest BCUT2D eigenvalue weighted by atomic mass is 16.7. The molecule has 2 heterocycles. The standard InChI is InChI=1S/C16H21NO3/c1-3-5-11-12-7-14-15(19-10-18-14)8-13(12)20-16(11)9-17-6-4-2/h7-8,17H,3-6,9-10H2,1-2H3. The van der Waals surface area contributed by atoms with Crippen LogP contribution in [-0.4, -0.2) is 13.3 Å². The van der Waals surface area contributed by atoms with Crippen molar-refractivity contribution in [2.45, 2.75) is 39.7 Å². The maximum absolute atomic E-state index is 6.03. The van der Waals surface area contributed by atoms with E-state index in [9.17, 15) is 0 Å². The number of furan rings is 1. The fourth-order valence-corrected chi connectivity index (χ4v) is 2.63. The van der Waals surface area contributed by atoms with Gasteiger partial charge in [-0.25, -0.2) is 0 Å². The number of rotatable bonds is 6. The number of aryl methyl sites for hydroxylation is 1. The third-order valence-corrected chi connectivity index (χ3v) is 3.58. The van der Waals surface area contributed by atoms with Gasteiger partial charge in [0.15, 0.2) is 11.5 Å². The number of hydrogen-bond acceptors (Lipinski definition) is 4. The van der Waals surface area contributed by atoms with Crippen LogP contribution < -0.4 is 14.8 Å². The highest BCUT2D eigenvalue weighted by Crippen LogP contribution is 2.39. The van der Waals surface area contributed by atoms with Crippen molar-refractivity contribution in [2.75, 3.05) is 13.3 Å². The van der Waals surface area contributed by atoms with E-state index in [0.29, 0.717) is 6.79 Å². The Hall–Kier alpha value is -1.68. The number of nitrogens with one attached hydrogen (secondary N) is 1. The molecule has 0 bridgehead atoms. The van der Waals surface area contributed by atoms with Crippen molar-refractivity contribution in [1.29, 1.82) is 0 Å². The van der Waals surface area contributed by atoms with E-state index in [-0.39, 0.29) is 0 Å². The summed E-state index contributed by atoms with van der Waals surface area (Å²) in [7, 11) is 0. The Morgan fingerprint density at radius 2 is 1.90 bits per heavy atom. The van der Waals surface area contributed by atoms with E-state index < -0.39 is 0 Å². The molecule has 2 aromatic rings. The summed E-state index contributed by atoms with van der Waals surface area (Å²) in [6, 6.07) is 4.00. The Balaban J connectivity index is 1.99. The number of benzene rings is 1. The van der Waals surface area contributed by atoms with Gasteiger partial charge >= 0.3 is 0 Å². The lowest BCUT2D eigenvalue weighted by Gasteiger charge is -2.03. The highest BCUT2D eigenvalue weighted by molar-refractivity contribution is 5.86. The van der Waals surface area contributed by atoms with Gasteiger partial charge < -0.3 is 19.2 Å². The first-order chi connectivity index (χ1) is 9.83. The summed E-state index contributed by atoms with van der Waals surface area (Å²) in [6.45, 7) is 6.44. The first-order valence-corrected chi connectivity index (χ1v) is 7.38. The van der Waals surface area contributed by atoms with E-state index in [2.05, 4.69) is 25.2 Å². The fourth-order valence-electron chi connectivity index (χ4n) is 2.63. The van der Waals surface area contributed by atoms with Crippen LogP contribution in [-0.2, 0) is 13.0 Å². The second-order valence-corrected chi connectivity index (χ2v) is 5.13. The number of ether oxygens (including phenoxy) is 2. The zero-order chi connectivity index (χ0) is 13.9. The molecule has 0 saturated heterocycles. The van der Waals surface area contributed by atoms with Crippen LogP contribution in [0.1, 0.15) is 38.0 Å². The lowest BCUT2D eigenvalue weighted by atomic mass is 10.1. The SMILES string of the molecule is CCCNCc1oc2cc3c(cc2c1CCC)OCO3. The van der Waals surface area contributed by atoms with Gasteiger partial charge in [-0.1, -0.05) is 20.3 Å². The third-order valence-electron chi connectivity index (χ3n) is 3.58. The molecule has 1 aromatic carbocycles. The molecule has 1 aromatic heterocycles. The molecule has 1 aliphatic heterocycles. The van der Waals surface area contributed by atoms with Crippen molar-refractivity contribution < 1.29 is 13.9 Å². The Morgan fingerprint density at radius 1 is 1.10 bits per heavy atom. The second-order valence-electron chi connectivity index (χ2n) is 5.13. The summed E-state index contributed by atoms with van der Waals surface area (Å²) in [6.07, 6.45) is 3.25. The Labute approximate surface area is 119 Å². The van der Waals surface area contributed by atoms with Crippen LogP contribution in [0.3, 0.4) is 0 Å². The van der Waals surface area contributed by atoms with E-state index in [1.807, 2.05) is 6.07 Å². The first-order valence-electron chi connectivity index (χ1n) is 7.38. The van der Waals surface area contributed by atoms with Gasteiger partial charge in [-0.05, 0) is 25.5 Å².